The second kappa shape index (κ2) is 14.5. The van der Waals surface area contributed by atoms with E-state index in [1.807, 2.05) is 24.3 Å². The summed E-state index contributed by atoms with van der Waals surface area (Å²) in [6.07, 6.45) is 0. The maximum Gasteiger partial charge on any atom is 0.325 e. The molecular formula is C31H34Cl2N4O7S. The highest BCUT2D eigenvalue weighted by atomic mass is 35.5. The Hall–Kier alpha value is -3.84. The number of nitrogens with zero attached hydrogens (tertiary/aromatic N) is 2. The van der Waals surface area contributed by atoms with Crippen molar-refractivity contribution in [3.63, 3.8) is 0 Å². The molecule has 1 saturated heterocycles. The molecule has 1 aliphatic rings. The Morgan fingerprint density at radius 2 is 1.49 bits per heavy atom. The Labute approximate surface area is 272 Å². The minimum Gasteiger partial charge on any atom is -0.497 e. The molecule has 45 heavy (non-hydrogen) atoms. The Morgan fingerprint density at radius 1 is 0.933 bits per heavy atom. The molecule has 0 spiro atoms. The molecule has 240 valence electrons. The molecule has 2 atom stereocenters. The summed E-state index contributed by atoms with van der Waals surface area (Å²) in [5, 5.41) is 14.8. The summed E-state index contributed by atoms with van der Waals surface area (Å²) in [4.78, 5) is 38.4. The summed E-state index contributed by atoms with van der Waals surface area (Å²) in [7, 11) is -2.81. The summed E-state index contributed by atoms with van der Waals surface area (Å²) in [5.41, 5.74) is 2.24. The van der Waals surface area contributed by atoms with Crippen molar-refractivity contribution in [1.29, 1.82) is 0 Å². The Bertz CT molecular complexity index is 1590. The molecule has 2 unspecified atom stereocenters. The predicted octanol–water partition coefficient (Wildman–Crippen LogP) is 3.71. The number of aliphatic carboxylic acids is 1. The molecule has 3 aromatic carbocycles. The third kappa shape index (κ3) is 8.46. The van der Waals surface area contributed by atoms with Crippen LogP contribution in [0.4, 0.5) is 5.69 Å². The van der Waals surface area contributed by atoms with E-state index in [0.717, 1.165) is 11.1 Å². The zero-order chi connectivity index (χ0) is 32.9. The van der Waals surface area contributed by atoms with Crippen molar-refractivity contribution < 1.29 is 32.6 Å². The van der Waals surface area contributed by atoms with Crippen LogP contribution in [0.15, 0.2) is 72.8 Å². The van der Waals surface area contributed by atoms with E-state index in [-0.39, 0.29) is 6.04 Å². The normalized spacial score (nSPS) is 15.1. The summed E-state index contributed by atoms with van der Waals surface area (Å²) in [6, 6.07) is 18.3. The zero-order valence-electron chi connectivity index (χ0n) is 24.8. The zero-order valence-corrected chi connectivity index (χ0v) is 27.1. The molecule has 0 bridgehead atoms. The number of anilines is 1. The van der Waals surface area contributed by atoms with Crippen molar-refractivity contribution in [2.24, 2.45) is 0 Å². The maximum absolute atomic E-state index is 13.9. The van der Waals surface area contributed by atoms with Crippen LogP contribution < -0.4 is 19.7 Å². The van der Waals surface area contributed by atoms with E-state index >= 15 is 0 Å². The number of sulfonamides is 1. The van der Waals surface area contributed by atoms with Gasteiger partial charge in [-0.3, -0.25) is 23.6 Å². The minimum absolute atomic E-state index is 0.221. The molecular weight excluding hydrogens is 643 g/mol. The summed E-state index contributed by atoms with van der Waals surface area (Å²) < 4.78 is 34.3. The van der Waals surface area contributed by atoms with Crippen LogP contribution in [0.2, 0.25) is 10.0 Å². The molecule has 11 nitrogen and oxygen atoms in total. The fourth-order valence-electron chi connectivity index (χ4n) is 5.08. The van der Waals surface area contributed by atoms with Gasteiger partial charge < -0.3 is 20.5 Å². The number of methoxy groups -OCH3 is 1. The number of carboxylic acid groups (broad SMARTS) is 1. The van der Waals surface area contributed by atoms with Gasteiger partial charge in [0.2, 0.25) is 21.8 Å². The highest BCUT2D eigenvalue weighted by molar-refractivity contribution is 7.93. The van der Waals surface area contributed by atoms with Gasteiger partial charge >= 0.3 is 5.97 Å². The van der Waals surface area contributed by atoms with Crippen LogP contribution in [-0.2, 0) is 24.4 Å². The number of likely N-dealkylation sites (tertiary alicyclic amines) is 1. The van der Waals surface area contributed by atoms with Crippen LogP contribution in [0.25, 0.3) is 0 Å². The van der Waals surface area contributed by atoms with Crippen molar-refractivity contribution in [2.45, 2.75) is 38.0 Å². The standard InChI is InChI=1S/C31H34Cl2N4O7S/c1-19(30(39)35-20(2)31(40)41)34-28(38)18-45(42,43)37(25-5-4-6-27(15-25)44-3)26-16-36(17-26)29(21-7-11-23(32)12-8-21)22-9-13-24(33)14-10-22/h4-15,19-20,26,29H,16-18H2,1-3H3,(H,34,38)(H,35,39)(H,40,41). The SMILES string of the molecule is COc1cccc(N(C2CN(C(c3ccc(Cl)cc3)c3ccc(Cl)cc3)C2)S(=O)(=O)CC(=O)NC(C)C(=O)NC(C)C(=O)O)c1. The smallest absolute Gasteiger partial charge is 0.325 e. The fraction of sp³-hybridized carbons (Fsp3) is 0.323. The van der Waals surface area contributed by atoms with Crippen molar-refractivity contribution >= 4 is 56.7 Å². The van der Waals surface area contributed by atoms with Crippen molar-refractivity contribution in [3.05, 3.63) is 94.0 Å². The lowest BCUT2D eigenvalue weighted by Gasteiger charge is -2.49. The van der Waals surface area contributed by atoms with E-state index < -0.39 is 51.7 Å². The number of carboxylic acids is 1. The number of hydrogen-bond donors (Lipinski definition) is 3. The predicted molar refractivity (Wildman–Crippen MR) is 172 cm³/mol. The number of nitrogens with one attached hydrogen (secondary N) is 2. The fourth-order valence-corrected chi connectivity index (χ4v) is 6.91. The van der Waals surface area contributed by atoms with Gasteiger partial charge in [0.1, 0.15) is 23.6 Å². The van der Waals surface area contributed by atoms with E-state index in [1.54, 1.807) is 48.5 Å². The maximum atomic E-state index is 13.9. The van der Waals surface area contributed by atoms with Gasteiger partial charge in [0.15, 0.2) is 0 Å². The van der Waals surface area contributed by atoms with Gasteiger partial charge in [-0.2, -0.15) is 0 Å². The number of rotatable bonds is 13. The van der Waals surface area contributed by atoms with Gasteiger partial charge in [-0.05, 0) is 61.4 Å². The summed E-state index contributed by atoms with van der Waals surface area (Å²) in [6.45, 7) is 3.28. The lowest BCUT2D eigenvalue weighted by atomic mass is 9.93. The summed E-state index contributed by atoms with van der Waals surface area (Å²) >= 11 is 12.3. The monoisotopic (exact) mass is 676 g/mol. The van der Waals surface area contributed by atoms with Crippen LogP contribution in [0.5, 0.6) is 5.75 Å². The van der Waals surface area contributed by atoms with E-state index in [2.05, 4.69) is 15.5 Å². The topological polar surface area (TPSA) is 145 Å². The van der Waals surface area contributed by atoms with Crippen molar-refractivity contribution in [1.82, 2.24) is 15.5 Å². The van der Waals surface area contributed by atoms with Gasteiger partial charge in [-0.15, -0.1) is 0 Å². The van der Waals surface area contributed by atoms with E-state index in [1.165, 1.54) is 25.3 Å². The first-order valence-electron chi connectivity index (χ1n) is 14.0. The molecule has 0 aliphatic carbocycles. The molecule has 0 saturated carbocycles. The Balaban J connectivity index is 1.57. The van der Waals surface area contributed by atoms with E-state index in [0.29, 0.717) is 34.6 Å². The second-order valence-corrected chi connectivity index (χ2v) is 13.4. The first-order valence-corrected chi connectivity index (χ1v) is 16.4. The van der Waals surface area contributed by atoms with Crippen LogP contribution in [0.3, 0.4) is 0 Å². The van der Waals surface area contributed by atoms with Gasteiger partial charge in [-0.1, -0.05) is 53.5 Å². The number of hydrogen-bond acceptors (Lipinski definition) is 7. The van der Waals surface area contributed by atoms with Gasteiger partial charge in [0.05, 0.1) is 24.9 Å². The van der Waals surface area contributed by atoms with Crippen LogP contribution in [0, 0.1) is 0 Å². The Morgan fingerprint density at radius 3 is 2.00 bits per heavy atom. The number of ether oxygens (including phenoxy) is 1. The average molecular weight is 678 g/mol. The molecule has 1 heterocycles. The number of benzene rings is 3. The molecule has 3 N–H and O–H groups in total. The molecule has 0 aromatic heterocycles. The van der Waals surface area contributed by atoms with Gasteiger partial charge in [0.25, 0.3) is 0 Å². The number of carbonyl (C=O) groups excluding carboxylic acids is 2. The average Bonchev–Trinajstić information content (AvgIpc) is 2.97. The van der Waals surface area contributed by atoms with Crippen LogP contribution in [0.1, 0.15) is 31.0 Å². The number of halogens is 2. The number of amides is 2. The third-order valence-electron chi connectivity index (χ3n) is 7.38. The van der Waals surface area contributed by atoms with Crippen LogP contribution in [-0.4, -0.2) is 80.3 Å². The highest BCUT2D eigenvalue weighted by Crippen LogP contribution is 2.37. The second-order valence-electron chi connectivity index (χ2n) is 10.7. The minimum atomic E-state index is -4.28. The largest absolute Gasteiger partial charge is 0.497 e. The van der Waals surface area contributed by atoms with E-state index in [4.69, 9.17) is 33.0 Å². The molecule has 1 aliphatic heterocycles. The highest BCUT2D eigenvalue weighted by Gasteiger charge is 2.42. The third-order valence-corrected chi connectivity index (χ3v) is 9.62. The van der Waals surface area contributed by atoms with Crippen molar-refractivity contribution in [2.75, 3.05) is 30.3 Å². The summed E-state index contributed by atoms with van der Waals surface area (Å²) in [5.74, 6) is -3.42. The molecule has 1 fully saturated rings. The molecule has 3 aromatic rings. The van der Waals surface area contributed by atoms with Crippen LogP contribution >= 0.6 is 23.2 Å². The molecule has 14 heteroatoms. The molecule has 2 amide bonds. The van der Waals surface area contributed by atoms with Gasteiger partial charge in [-0.25, -0.2) is 8.42 Å². The first-order chi connectivity index (χ1) is 21.3. The lowest BCUT2D eigenvalue weighted by Crippen LogP contribution is -2.62. The van der Waals surface area contributed by atoms with E-state index in [9.17, 15) is 22.8 Å². The number of carbonyl (C=O) groups is 3. The lowest BCUT2D eigenvalue weighted by molar-refractivity contribution is -0.141. The Kier molecular flexibility index (Phi) is 11.0. The van der Waals surface area contributed by atoms with Crippen molar-refractivity contribution in [3.8, 4) is 5.75 Å². The molecule has 0 radical (unpaired) electrons. The quantitative estimate of drug-likeness (QED) is 0.249. The first kappa shape index (κ1) is 34.0. The molecule has 4 rings (SSSR count). The van der Waals surface area contributed by atoms with Gasteiger partial charge in [0, 0.05) is 29.2 Å².